The monoisotopic (exact) mass is 234 g/mol. The number of hydrogen-bond acceptors (Lipinski definition) is 4. The molecule has 0 aromatic heterocycles. The molecule has 4 nitrogen and oxygen atoms in total. The Morgan fingerprint density at radius 2 is 2.00 bits per heavy atom. The van der Waals surface area contributed by atoms with Crippen molar-refractivity contribution < 1.29 is 8.42 Å². The first-order valence-corrected chi connectivity index (χ1v) is 7.15. The minimum Gasteiger partial charge on any atom is -0.324 e. The molecule has 1 rings (SSSR count). The van der Waals surface area contributed by atoms with E-state index in [1.54, 1.807) is 6.92 Å². The Balaban J connectivity index is 2.61. The van der Waals surface area contributed by atoms with Gasteiger partial charge >= 0.3 is 0 Å². The molecular weight excluding hydrogens is 212 g/mol. The van der Waals surface area contributed by atoms with Crippen molar-refractivity contribution in [1.29, 1.82) is 0 Å². The predicted molar refractivity (Wildman–Crippen MR) is 62.6 cm³/mol. The molecule has 0 saturated carbocycles. The van der Waals surface area contributed by atoms with Gasteiger partial charge < -0.3 is 10.6 Å². The molecule has 1 atom stereocenters. The average molecular weight is 234 g/mol. The van der Waals surface area contributed by atoms with Crippen LogP contribution in [0.5, 0.6) is 0 Å². The molecule has 0 aromatic carbocycles. The topological polar surface area (TPSA) is 63.4 Å². The lowest BCUT2D eigenvalue weighted by Gasteiger charge is -2.28. The van der Waals surface area contributed by atoms with Gasteiger partial charge in [0.15, 0.2) is 9.84 Å². The van der Waals surface area contributed by atoms with Crippen LogP contribution in [0.1, 0.15) is 27.2 Å². The Bertz CT molecular complexity index is 306. The van der Waals surface area contributed by atoms with Crippen LogP contribution in [0.3, 0.4) is 0 Å². The molecule has 1 unspecified atom stereocenters. The SMILES string of the molecule is CC1CCN(CC(C)(C)N)CCS1(=O)=O. The second-order valence-electron chi connectivity index (χ2n) is 5.23. The van der Waals surface area contributed by atoms with Gasteiger partial charge in [-0.1, -0.05) is 0 Å². The largest absolute Gasteiger partial charge is 0.324 e. The maximum atomic E-state index is 11.7. The molecule has 1 aliphatic rings. The maximum absolute atomic E-state index is 11.7. The summed E-state index contributed by atoms with van der Waals surface area (Å²) in [5.74, 6) is 0.268. The summed E-state index contributed by atoms with van der Waals surface area (Å²) in [5, 5.41) is -0.205. The number of nitrogens with two attached hydrogens (primary N) is 1. The summed E-state index contributed by atoms with van der Waals surface area (Å²) in [6.45, 7) is 7.95. The summed E-state index contributed by atoms with van der Waals surface area (Å²) in [5.41, 5.74) is 5.68. The van der Waals surface area contributed by atoms with Crippen LogP contribution >= 0.6 is 0 Å². The van der Waals surface area contributed by atoms with E-state index in [1.165, 1.54) is 0 Å². The first-order chi connectivity index (χ1) is 6.71. The first kappa shape index (κ1) is 12.9. The van der Waals surface area contributed by atoms with Crippen LogP contribution in [0.2, 0.25) is 0 Å². The van der Waals surface area contributed by atoms with Crippen molar-refractivity contribution in [3.05, 3.63) is 0 Å². The fourth-order valence-electron chi connectivity index (χ4n) is 1.85. The predicted octanol–water partition coefficient (Wildman–Crippen LogP) is 0.233. The molecule has 0 radical (unpaired) electrons. The summed E-state index contributed by atoms with van der Waals surface area (Å²) in [4.78, 5) is 2.15. The van der Waals surface area contributed by atoms with Crippen LogP contribution < -0.4 is 5.73 Å². The van der Waals surface area contributed by atoms with Gasteiger partial charge in [0, 0.05) is 18.6 Å². The fraction of sp³-hybridized carbons (Fsp3) is 1.00. The highest BCUT2D eigenvalue weighted by Gasteiger charge is 2.27. The zero-order chi connectivity index (χ0) is 11.7. The van der Waals surface area contributed by atoms with Gasteiger partial charge in [-0.3, -0.25) is 0 Å². The van der Waals surface area contributed by atoms with E-state index in [1.807, 2.05) is 13.8 Å². The molecule has 15 heavy (non-hydrogen) atoms. The maximum Gasteiger partial charge on any atom is 0.154 e. The summed E-state index contributed by atoms with van der Waals surface area (Å²) in [6, 6.07) is 0. The summed E-state index contributed by atoms with van der Waals surface area (Å²) in [7, 11) is -2.87. The van der Waals surface area contributed by atoms with Gasteiger partial charge in [-0.15, -0.1) is 0 Å². The second kappa shape index (κ2) is 4.39. The van der Waals surface area contributed by atoms with Crippen LogP contribution in [0.15, 0.2) is 0 Å². The van der Waals surface area contributed by atoms with E-state index in [-0.39, 0.29) is 16.5 Å². The fourth-order valence-corrected chi connectivity index (χ4v) is 3.23. The van der Waals surface area contributed by atoms with Crippen LogP contribution in [0, 0.1) is 0 Å². The highest BCUT2D eigenvalue weighted by molar-refractivity contribution is 7.92. The molecule has 0 aliphatic carbocycles. The third kappa shape index (κ3) is 4.09. The third-order valence-corrected chi connectivity index (χ3v) is 5.00. The summed E-state index contributed by atoms with van der Waals surface area (Å²) >= 11 is 0. The second-order valence-corrected chi connectivity index (χ2v) is 7.77. The average Bonchev–Trinajstić information content (AvgIpc) is 2.16. The molecule has 0 bridgehead atoms. The van der Waals surface area contributed by atoms with Crippen LogP contribution in [-0.4, -0.2) is 49.5 Å². The van der Waals surface area contributed by atoms with E-state index in [0.29, 0.717) is 6.54 Å². The summed E-state index contributed by atoms with van der Waals surface area (Å²) < 4.78 is 23.3. The Labute approximate surface area is 92.7 Å². The van der Waals surface area contributed by atoms with Gasteiger partial charge in [0.2, 0.25) is 0 Å². The highest BCUT2D eigenvalue weighted by Crippen LogP contribution is 2.14. The van der Waals surface area contributed by atoms with Crippen molar-refractivity contribution in [3.63, 3.8) is 0 Å². The quantitative estimate of drug-likeness (QED) is 0.743. The lowest BCUT2D eigenvalue weighted by atomic mass is 10.1. The Kier molecular flexibility index (Phi) is 3.79. The van der Waals surface area contributed by atoms with E-state index in [0.717, 1.165) is 19.5 Å². The van der Waals surface area contributed by atoms with E-state index in [4.69, 9.17) is 5.73 Å². The highest BCUT2D eigenvalue weighted by atomic mass is 32.2. The van der Waals surface area contributed by atoms with Gasteiger partial charge in [0.05, 0.1) is 11.0 Å². The molecular formula is C10H22N2O2S. The van der Waals surface area contributed by atoms with Crippen LogP contribution in [0.4, 0.5) is 0 Å². The van der Waals surface area contributed by atoms with E-state index >= 15 is 0 Å². The lowest BCUT2D eigenvalue weighted by molar-refractivity contribution is 0.238. The van der Waals surface area contributed by atoms with E-state index < -0.39 is 9.84 Å². The minimum absolute atomic E-state index is 0.205. The third-order valence-electron chi connectivity index (χ3n) is 2.79. The van der Waals surface area contributed by atoms with Crippen LogP contribution in [-0.2, 0) is 9.84 Å². The van der Waals surface area contributed by atoms with Gasteiger partial charge in [-0.05, 0) is 33.7 Å². The van der Waals surface area contributed by atoms with Crippen molar-refractivity contribution in [2.75, 3.05) is 25.4 Å². The number of rotatable bonds is 2. The van der Waals surface area contributed by atoms with E-state index in [9.17, 15) is 8.42 Å². The smallest absolute Gasteiger partial charge is 0.154 e. The van der Waals surface area contributed by atoms with Crippen molar-refractivity contribution in [3.8, 4) is 0 Å². The van der Waals surface area contributed by atoms with Gasteiger partial charge in [-0.25, -0.2) is 8.42 Å². The van der Waals surface area contributed by atoms with Crippen molar-refractivity contribution in [2.24, 2.45) is 5.73 Å². The number of hydrogen-bond donors (Lipinski definition) is 1. The Morgan fingerprint density at radius 1 is 1.40 bits per heavy atom. The molecule has 0 amide bonds. The van der Waals surface area contributed by atoms with Crippen molar-refractivity contribution in [1.82, 2.24) is 4.90 Å². The Morgan fingerprint density at radius 3 is 2.53 bits per heavy atom. The van der Waals surface area contributed by atoms with Crippen molar-refractivity contribution in [2.45, 2.75) is 38.0 Å². The molecule has 1 aliphatic heterocycles. The molecule has 1 heterocycles. The van der Waals surface area contributed by atoms with Gasteiger partial charge in [-0.2, -0.15) is 0 Å². The van der Waals surface area contributed by atoms with Crippen molar-refractivity contribution >= 4 is 9.84 Å². The normalized spacial score (nSPS) is 28.7. The van der Waals surface area contributed by atoms with Gasteiger partial charge in [0.25, 0.3) is 0 Å². The summed E-state index contributed by atoms with van der Waals surface area (Å²) in [6.07, 6.45) is 0.721. The lowest BCUT2D eigenvalue weighted by Crippen LogP contribution is -2.46. The molecule has 0 spiro atoms. The van der Waals surface area contributed by atoms with Gasteiger partial charge in [0.1, 0.15) is 0 Å². The first-order valence-electron chi connectivity index (χ1n) is 5.43. The standard InChI is InChI=1S/C10H22N2O2S/c1-9-4-5-12(8-10(2,3)11)6-7-15(9,13)14/h9H,4-8,11H2,1-3H3. The molecule has 0 aromatic rings. The van der Waals surface area contributed by atoms with E-state index in [2.05, 4.69) is 4.90 Å². The molecule has 2 N–H and O–H groups in total. The number of sulfone groups is 1. The van der Waals surface area contributed by atoms with Crippen LogP contribution in [0.25, 0.3) is 0 Å². The molecule has 90 valence electrons. The zero-order valence-corrected chi connectivity index (χ0v) is 10.7. The molecule has 5 heteroatoms. The molecule has 1 fully saturated rings. The zero-order valence-electron chi connectivity index (χ0n) is 9.86. The minimum atomic E-state index is -2.87. The Hall–Kier alpha value is -0.130. The number of nitrogens with zero attached hydrogens (tertiary/aromatic N) is 1. The molecule has 1 saturated heterocycles.